The summed E-state index contributed by atoms with van der Waals surface area (Å²) in [7, 11) is 0. The number of hydrogen-bond acceptors (Lipinski definition) is 4. The Balaban J connectivity index is 2.84. The largest absolute Gasteiger partial charge is 0.459 e. The highest BCUT2D eigenvalue weighted by Crippen LogP contribution is 2.45. The lowest BCUT2D eigenvalue weighted by Gasteiger charge is -2.41. The molecule has 0 heterocycles. The maximum atomic E-state index is 12.6. The van der Waals surface area contributed by atoms with Crippen molar-refractivity contribution in [1.29, 1.82) is 0 Å². The van der Waals surface area contributed by atoms with Crippen molar-refractivity contribution < 1.29 is 19.7 Å². The van der Waals surface area contributed by atoms with Gasteiger partial charge in [0.1, 0.15) is 6.10 Å². The highest BCUT2D eigenvalue weighted by atomic mass is 16.6. The first-order chi connectivity index (χ1) is 8.97. The zero-order chi connectivity index (χ0) is 15.7. The van der Waals surface area contributed by atoms with E-state index >= 15 is 0 Å². The van der Waals surface area contributed by atoms with Gasteiger partial charge in [0.25, 0.3) is 0 Å². The molecule has 0 aliphatic heterocycles. The summed E-state index contributed by atoms with van der Waals surface area (Å²) >= 11 is 0. The Kier molecular flexibility index (Phi) is 5.25. The number of ether oxygens (including phenoxy) is 1. The molecule has 0 amide bonds. The molecular weight excluding hydrogens is 256 g/mol. The lowest BCUT2D eigenvalue weighted by Crippen LogP contribution is -2.44. The van der Waals surface area contributed by atoms with Gasteiger partial charge in [-0.05, 0) is 24.7 Å². The molecule has 0 aromatic rings. The Morgan fingerprint density at radius 1 is 1.20 bits per heavy atom. The molecule has 118 valence electrons. The van der Waals surface area contributed by atoms with E-state index in [2.05, 4.69) is 13.8 Å². The summed E-state index contributed by atoms with van der Waals surface area (Å²) in [6.45, 7) is 12.2. The first kappa shape index (κ1) is 17.4. The summed E-state index contributed by atoms with van der Waals surface area (Å²) in [6, 6.07) is 0. The maximum absolute atomic E-state index is 12.6. The van der Waals surface area contributed by atoms with Crippen LogP contribution < -0.4 is 0 Å². The molecule has 4 nitrogen and oxygen atoms in total. The average molecular weight is 286 g/mol. The van der Waals surface area contributed by atoms with Crippen LogP contribution in [-0.4, -0.2) is 34.5 Å². The van der Waals surface area contributed by atoms with Gasteiger partial charge in [-0.1, -0.05) is 34.6 Å². The lowest BCUT2D eigenvalue weighted by atomic mass is 9.64. The van der Waals surface area contributed by atoms with Crippen LogP contribution in [0.15, 0.2) is 0 Å². The van der Waals surface area contributed by atoms with E-state index < -0.39 is 23.7 Å². The molecule has 0 aromatic carbocycles. The predicted molar refractivity (Wildman–Crippen MR) is 78.1 cm³/mol. The van der Waals surface area contributed by atoms with E-state index in [-0.39, 0.29) is 17.8 Å². The minimum absolute atomic E-state index is 0.226. The standard InChI is InChI=1S/C16H30O4/c1-10(2)9-16(6,15(3,4)5)14(19)20-13-8-11(17)7-12(13)18/h10-13,17-18H,7-9H2,1-6H3. The fraction of sp³-hybridized carbons (Fsp3) is 0.938. The van der Waals surface area contributed by atoms with Crippen molar-refractivity contribution in [3.8, 4) is 0 Å². The minimum atomic E-state index is -0.753. The van der Waals surface area contributed by atoms with Gasteiger partial charge in [0.05, 0.1) is 17.6 Å². The molecule has 1 rings (SSSR count). The first-order valence-corrected chi connectivity index (χ1v) is 7.54. The molecule has 1 saturated carbocycles. The first-order valence-electron chi connectivity index (χ1n) is 7.54. The summed E-state index contributed by atoms with van der Waals surface area (Å²) in [5.74, 6) is 0.114. The minimum Gasteiger partial charge on any atom is -0.459 e. The third-order valence-electron chi connectivity index (χ3n) is 4.63. The molecule has 0 spiro atoms. The van der Waals surface area contributed by atoms with E-state index in [0.717, 1.165) is 6.42 Å². The number of rotatable bonds is 4. The smallest absolute Gasteiger partial charge is 0.312 e. The molecule has 0 bridgehead atoms. The molecule has 0 aromatic heterocycles. The maximum Gasteiger partial charge on any atom is 0.312 e. The topological polar surface area (TPSA) is 66.8 Å². The van der Waals surface area contributed by atoms with Crippen molar-refractivity contribution >= 4 is 5.97 Å². The van der Waals surface area contributed by atoms with Crippen molar-refractivity contribution in [2.45, 2.75) is 79.1 Å². The van der Waals surface area contributed by atoms with E-state index in [1.807, 2.05) is 27.7 Å². The fourth-order valence-electron chi connectivity index (χ4n) is 2.86. The second-order valence-corrected chi connectivity index (χ2v) is 7.82. The van der Waals surface area contributed by atoms with E-state index in [4.69, 9.17) is 4.74 Å². The van der Waals surface area contributed by atoms with Crippen LogP contribution in [0.1, 0.15) is 60.8 Å². The van der Waals surface area contributed by atoms with E-state index in [1.54, 1.807) is 0 Å². The monoisotopic (exact) mass is 286 g/mol. The predicted octanol–water partition coefficient (Wildman–Crippen LogP) is 2.51. The molecule has 0 saturated heterocycles. The third kappa shape index (κ3) is 3.73. The molecule has 4 atom stereocenters. The number of carbonyl (C=O) groups is 1. The number of carbonyl (C=O) groups excluding carboxylic acids is 1. The van der Waals surface area contributed by atoms with Gasteiger partial charge in [-0.3, -0.25) is 4.79 Å². The Morgan fingerprint density at radius 2 is 1.75 bits per heavy atom. The Labute approximate surface area is 122 Å². The SMILES string of the molecule is CC(C)CC(C)(C(=O)OC1CC(O)CC1O)C(C)(C)C. The normalized spacial score (nSPS) is 30.4. The van der Waals surface area contributed by atoms with Gasteiger partial charge in [0, 0.05) is 12.8 Å². The quantitative estimate of drug-likeness (QED) is 0.779. The Bertz CT molecular complexity index is 345. The van der Waals surface area contributed by atoms with E-state index in [9.17, 15) is 15.0 Å². The molecule has 20 heavy (non-hydrogen) atoms. The van der Waals surface area contributed by atoms with Gasteiger partial charge in [-0.15, -0.1) is 0 Å². The van der Waals surface area contributed by atoms with Gasteiger partial charge < -0.3 is 14.9 Å². The summed E-state index contributed by atoms with van der Waals surface area (Å²) in [5, 5.41) is 19.4. The molecule has 4 unspecified atom stereocenters. The van der Waals surface area contributed by atoms with Crippen LogP contribution in [0.3, 0.4) is 0 Å². The van der Waals surface area contributed by atoms with Crippen molar-refractivity contribution in [2.75, 3.05) is 0 Å². The molecular formula is C16H30O4. The van der Waals surface area contributed by atoms with Gasteiger partial charge in [0.2, 0.25) is 0 Å². The van der Waals surface area contributed by atoms with Crippen molar-refractivity contribution in [3.63, 3.8) is 0 Å². The van der Waals surface area contributed by atoms with Crippen LogP contribution in [0.5, 0.6) is 0 Å². The average Bonchev–Trinajstić information content (AvgIpc) is 2.54. The van der Waals surface area contributed by atoms with Gasteiger partial charge in [-0.2, -0.15) is 0 Å². The third-order valence-corrected chi connectivity index (χ3v) is 4.63. The second-order valence-electron chi connectivity index (χ2n) is 7.82. The van der Waals surface area contributed by atoms with E-state index in [1.165, 1.54) is 0 Å². The number of hydrogen-bond donors (Lipinski definition) is 2. The summed E-state index contributed by atoms with van der Waals surface area (Å²) in [4.78, 5) is 12.6. The van der Waals surface area contributed by atoms with Gasteiger partial charge >= 0.3 is 5.97 Å². The van der Waals surface area contributed by atoms with Crippen LogP contribution in [0.4, 0.5) is 0 Å². The van der Waals surface area contributed by atoms with Crippen LogP contribution in [0, 0.1) is 16.7 Å². The highest BCUT2D eigenvalue weighted by Gasteiger charge is 2.47. The van der Waals surface area contributed by atoms with Crippen molar-refractivity contribution in [2.24, 2.45) is 16.7 Å². The molecule has 2 N–H and O–H groups in total. The van der Waals surface area contributed by atoms with Crippen LogP contribution in [0.2, 0.25) is 0 Å². The molecule has 0 radical (unpaired) electrons. The highest BCUT2D eigenvalue weighted by molar-refractivity contribution is 5.77. The molecule has 1 aliphatic carbocycles. The van der Waals surface area contributed by atoms with Gasteiger partial charge in [0.15, 0.2) is 0 Å². The molecule has 4 heteroatoms. The number of aliphatic hydroxyl groups is 2. The van der Waals surface area contributed by atoms with Crippen LogP contribution >= 0.6 is 0 Å². The fourth-order valence-corrected chi connectivity index (χ4v) is 2.86. The van der Waals surface area contributed by atoms with Crippen LogP contribution in [-0.2, 0) is 9.53 Å². The zero-order valence-corrected chi connectivity index (χ0v) is 13.6. The van der Waals surface area contributed by atoms with Crippen molar-refractivity contribution in [1.82, 2.24) is 0 Å². The summed E-state index contributed by atoms with van der Waals surface area (Å²) in [5.41, 5.74) is -0.828. The Hall–Kier alpha value is -0.610. The summed E-state index contributed by atoms with van der Waals surface area (Å²) < 4.78 is 5.54. The Morgan fingerprint density at radius 3 is 2.10 bits per heavy atom. The number of aliphatic hydroxyl groups excluding tert-OH is 2. The zero-order valence-electron chi connectivity index (χ0n) is 13.6. The summed E-state index contributed by atoms with van der Waals surface area (Å²) in [6.07, 6.45) is -0.554. The van der Waals surface area contributed by atoms with E-state index in [0.29, 0.717) is 12.3 Å². The molecule has 1 fully saturated rings. The second kappa shape index (κ2) is 6.02. The van der Waals surface area contributed by atoms with Crippen LogP contribution in [0.25, 0.3) is 0 Å². The lowest BCUT2D eigenvalue weighted by molar-refractivity contribution is -0.173. The van der Waals surface area contributed by atoms with Gasteiger partial charge in [-0.25, -0.2) is 0 Å². The van der Waals surface area contributed by atoms with Crippen molar-refractivity contribution in [3.05, 3.63) is 0 Å². The molecule has 1 aliphatic rings. The number of esters is 1.